The molecule has 0 fully saturated rings. The van der Waals surface area contributed by atoms with Crippen molar-refractivity contribution in [2.24, 2.45) is 5.84 Å². The summed E-state index contributed by atoms with van der Waals surface area (Å²) in [5.74, 6) is 6.63. The van der Waals surface area contributed by atoms with Crippen LogP contribution in [0.1, 0.15) is 22.7 Å². The highest BCUT2D eigenvalue weighted by Crippen LogP contribution is 2.26. The zero-order valence-electron chi connectivity index (χ0n) is 11.4. The molecule has 3 heteroatoms. The number of rotatable bonds is 5. The Bertz CT molecular complexity index is 540. The van der Waals surface area contributed by atoms with Crippen molar-refractivity contribution in [3.63, 3.8) is 0 Å². The van der Waals surface area contributed by atoms with Gasteiger partial charge in [0.25, 0.3) is 0 Å². The second kappa shape index (κ2) is 6.75. The molecule has 0 spiro atoms. The van der Waals surface area contributed by atoms with E-state index in [1.165, 1.54) is 21.6 Å². The van der Waals surface area contributed by atoms with Crippen molar-refractivity contribution >= 4 is 11.8 Å². The summed E-state index contributed by atoms with van der Waals surface area (Å²) >= 11 is 1.83. The van der Waals surface area contributed by atoms with Crippen molar-refractivity contribution in [1.82, 2.24) is 5.43 Å². The molecule has 0 aliphatic rings. The van der Waals surface area contributed by atoms with Crippen LogP contribution >= 0.6 is 11.8 Å². The van der Waals surface area contributed by atoms with Crippen molar-refractivity contribution in [2.45, 2.75) is 24.8 Å². The third-order valence-corrected chi connectivity index (χ3v) is 4.26. The first-order valence-electron chi connectivity index (χ1n) is 6.42. The highest BCUT2D eigenvalue weighted by Gasteiger charge is 2.12. The van der Waals surface area contributed by atoms with Crippen LogP contribution in [-0.2, 0) is 0 Å². The summed E-state index contributed by atoms with van der Waals surface area (Å²) in [5.41, 5.74) is 6.76. The van der Waals surface area contributed by atoms with Crippen LogP contribution in [0.5, 0.6) is 0 Å². The molecule has 100 valence electrons. The van der Waals surface area contributed by atoms with Crippen LogP contribution in [0.2, 0.25) is 0 Å². The number of thioether (sulfide) groups is 1. The molecular formula is C16H20N2S. The molecule has 0 aromatic heterocycles. The summed E-state index contributed by atoms with van der Waals surface area (Å²) < 4.78 is 0. The Morgan fingerprint density at radius 3 is 2.58 bits per heavy atom. The van der Waals surface area contributed by atoms with E-state index in [1.54, 1.807) is 0 Å². The smallest absolute Gasteiger partial charge is 0.0556 e. The lowest BCUT2D eigenvalue weighted by Gasteiger charge is -2.18. The van der Waals surface area contributed by atoms with E-state index < -0.39 is 0 Å². The molecule has 0 amide bonds. The summed E-state index contributed by atoms with van der Waals surface area (Å²) in [6.45, 7) is 4.24. The van der Waals surface area contributed by atoms with Gasteiger partial charge in [0.2, 0.25) is 0 Å². The van der Waals surface area contributed by atoms with Crippen LogP contribution in [-0.4, -0.2) is 5.75 Å². The molecule has 0 saturated carbocycles. The number of aryl methyl sites for hydroxylation is 2. The first-order valence-corrected chi connectivity index (χ1v) is 7.40. The second-order valence-electron chi connectivity index (χ2n) is 4.70. The van der Waals surface area contributed by atoms with Gasteiger partial charge in [0.15, 0.2) is 0 Å². The molecule has 1 atom stereocenters. The number of nitrogens with two attached hydrogens (primary N) is 1. The predicted molar refractivity (Wildman–Crippen MR) is 83.1 cm³/mol. The molecule has 19 heavy (non-hydrogen) atoms. The van der Waals surface area contributed by atoms with E-state index in [2.05, 4.69) is 67.8 Å². The van der Waals surface area contributed by atoms with Gasteiger partial charge in [0.05, 0.1) is 6.04 Å². The lowest BCUT2D eigenvalue weighted by Crippen LogP contribution is -2.30. The van der Waals surface area contributed by atoms with Crippen LogP contribution in [0.15, 0.2) is 53.4 Å². The Labute approximate surface area is 119 Å². The van der Waals surface area contributed by atoms with Crippen molar-refractivity contribution in [3.8, 4) is 0 Å². The van der Waals surface area contributed by atoms with E-state index >= 15 is 0 Å². The van der Waals surface area contributed by atoms with Crippen LogP contribution in [0.4, 0.5) is 0 Å². The average molecular weight is 272 g/mol. The topological polar surface area (TPSA) is 38.0 Å². The summed E-state index contributed by atoms with van der Waals surface area (Å²) in [7, 11) is 0. The molecule has 0 saturated heterocycles. The maximum Gasteiger partial charge on any atom is 0.0556 e. The molecule has 0 aliphatic heterocycles. The number of benzene rings is 2. The molecule has 3 N–H and O–H groups in total. The molecule has 1 unspecified atom stereocenters. The van der Waals surface area contributed by atoms with Gasteiger partial charge in [-0.25, -0.2) is 0 Å². The Hall–Kier alpha value is -1.29. The normalized spacial score (nSPS) is 12.4. The SMILES string of the molecule is Cc1cccc(SCC(NN)c2ccccc2C)c1. The maximum atomic E-state index is 5.70. The van der Waals surface area contributed by atoms with E-state index in [9.17, 15) is 0 Å². The van der Waals surface area contributed by atoms with Gasteiger partial charge in [-0.1, -0.05) is 42.0 Å². The molecule has 0 radical (unpaired) electrons. The quantitative estimate of drug-likeness (QED) is 0.496. The Morgan fingerprint density at radius 1 is 1.11 bits per heavy atom. The highest BCUT2D eigenvalue weighted by atomic mass is 32.2. The van der Waals surface area contributed by atoms with Gasteiger partial charge in [-0.05, 0) is 37.1 Å². The van der Waals surface area contributed by atoms with Crippen molar-refractivity contribution < 1.29 is 0 Å². The predicted octanol–water partition coefficient (Wildman–Crippen LogP) is 3.60. The maximum absolute atomic E-state index is 5.70. The zero-order valence-corrected chi connectivity index (χ0v) is 12.2. The molecule has 2 aromatic carbocycles. The number of nitrogens with one attached hydrogen (secondary N) is 1. The second-order valence-corrected chi connectivity index (χ2v) is 5.80. The first kappa shape index (κ1) is 14.1. The lowest BCUT2D eigenvalue weighted by atomic mass is 10.0. The molecule has 0 heterocycles. The van der Waals surface area contributed by atoms with Crippen LogP contribution < -0.4 is 11.3 Å². The van der Waals surface area contributed by atoms with Gasteiger partial charge in [0.1, 0.15) is 0 Å². The Kier molecular flexibility index (Phi) is 5.02. The summed E-state index contributed by atoms with van der Waals surface area (Å²) in [5, 5.41) is 0. The summed E-state index contributed by atoms with van der Waals surface area (Å²) in [6.07, 6.45) is 0. The van der Waals surface area contributed by atoms with Crippen LogP contribution in [0, 0.1) is 13.8 Å². The van der Waals surface area contributed by atoms with Gasteiger partial charge in [0, 0.05) is 10.6 Å². The number of hydrogen-bond donors (Lipinski definition) is 2. The van der Waals surface area contributed by atoms with Gasteiger partial charge in [-0.2, -0.15) is 0 Å². The van der Waals surface area contributed by atoms with Crippen molar-refractivity contribution in [2.75, 3.05) is 5.75 Å². The van der Waals surface area contributed by atoms with E-state index in [1.807, 2.05) is 11.8 Å². The fraction of sp³-hybridized carbons (Fsp3) is 0.250. The minimum absolute atomic E-state index is 0.173. The largest absolute Gasteiger partial charge is 0.271 e. The average Bonchev–Trinajstić information content (AvgIpc) is 2.41. The Balaban J connectivity index is 2.06. The molecular weight excluding hydrogens is 252 g/mol. The fourth-order valence-electron chi connectivity index (χ4n) is 2.09. The van der Waals surface area contributed by atoms with Crippen LogP contribution in [0.3, 0.4) is 0 Å². The minimum Gasteiger partial charge on any atom is -0.271 e. The summed E-state index contributed by atoms with van der Waals surface area (Å²) in [6, 6.07) is 17.1. The third kappa shape index (κ3) is 3.83. The highest BCUT2D eigenvalue weighted by molar-refractivity contribution is 7.99. The minimum atomic E-state index is 0.173. The number of hydrogen-bond acceptors (Lipinski definition) is 3. The molecule has 2 rings (SSSR count). The lowest BCUT2D eigenvalue weighted by molar-refractivity contribution is 0.608. The molecule has 0 aliphatic carbocycles. The third-order valence-electron chi connectivity index (χ3n) is 3.17. The monoisotopic (exact) mass is 272 g/mol. The summed E-state index contributed by atoms with van der Waals surface area (Å²) in [4.78, 5) is 1.29. The van der Waals surface area contributed by atoms with Crippen LogP contribution in [0.25, 0.3) is 0 Å². The van der Waals surface area contributed by atoms with E-state index in [4.69, 9.17) is 5.84 Å². The van der Waals surface area contributed by atoms with Gasteiger partial charge in [-0.3, -0.25) is 11.3 Å². The first-order chi connectivity index (χ1) is 9.20. The van der Waals surface area contributed by atoms with Crippen molar-refractivity contribution in [1.29, 1.82) is 0 Å². The van der Waals surface area contributed by atoms with E-state index in [-0.39, 0.29) is 6.04 Å². The van der Waals surface area contributed by atoms with Gasteiger partial charge in [-0.15, -0.1) is 11.8 Å². The molecule has 2 aromatic rings. The fourth-order valence-corrected chi connectivity index (χ4v) is 3.17. The van der Waals surface area contributed by atoms with Gasteiger partial charge < -0.3 is 0 Å². The van der Waals surface area contributed by atoms with E-state index in [0.29, 0.717) is 0 Å². The molecule has 0 bridgehead atoms. The zero-order chi connectivity index (χ0) is 13.7. The van der Waals surface area contributed by atoms with E-state index in [0.717, 1.165) is 5.75 Å². The Morgan fingerprint density at radius 2 is 1.89 bits per heavy atom. The van der Waals surface area contributed by atoms with Crippen molar-refractivity contribution in [3.05, 3.63) is 65.2 Å². The number of hydrazine groups is 1. The molecule has 2 nitrogen and oxygen atoms in total. The van der Waals surface area contributed by atoms with Gasteiger partial charge >= 0.3 is 0 Å². The standard InChI is InChI=1S/C16H20N2S/c1-12-6-5-8-14(10-12)19-11-16(18-17)15-9-4-3-7-13(15)2/h3-10,16,18H,11,17H2,1-2H3.